The maximum atomic E-state index is 2.74. The summed E-state index contributed by atoms with van der Waals surface area (Å²) in [6.07, 6.45) is 10.6. The van der Waals surface area contributed by atoms with Crippen molar-refractivity contribution in [1.82, 2.24) is 0 Å². The summed E-state index contributed by atoms with van der Waals surface area (Å²) >= 11 is 0. The van der Waals surface area contributed by atoms with Crippen LogP contribution in [0.4, 0.5) is 11.4 Å². The molecule has 0 N–H and O–H groups in total. The molecule has 4 aromatic carbocycles. The first-order valence-electron chi connectivity index (χ1n) is 16.2. The molecule has 0 heterocycles. The van der Waals surface area contributed by atoms with Gasteiger partial charge in [0, 0.05) is 22.8 Å². The third-order valence-corrected chi connectivity index (χ3v) is 10.5. The van der Waals surface area contributed by atoms with Gasteiger partial charge >= 0.3 is 0 Å². The van der Waals surface area contributed by atoms with Gasteiger partial charge < -0.3 is 4.90 Å². The Hall–Kier alpha value is -3.32. The zero-order chi connectivity index (χ0) is 28.1. The van der Waals surface area contributed by atoms with Gasteiger partial charge in [-0.3, -0.25) is 0 Å². The molecule has 0 bridgehead atoms. The van der Waals surface area contributed by atoms with Gasteiger partial charge in [-0.2, -0.15) is 0 Å². The van der Waals surface area contributed by atoms with Gasteiger partial charge in [-0.15, -0.1) is 0 Å². The average molecular weight is 540 g/mol. The lowest BCUT2D eigenvalue weighted by molar-refractivity contribution is 0.656. The molecule has 0 spiro atoms. The van der Waals surface area contributed by atoms with Crippen molar-refractivity contribution in [3.8, 4) is 22.3 Å². The van der Waals surface area contributed by atoms with E-state index in [-0.39, 0.29) is 5.41 Å². The van der Waals surface area contributed by atoms with E-state index in [1.807, 2.05) is 0 Å². The number of benzene rings is 4. The molecule has 7 rings (SSSR count). The van der Waals surface area contributed by atoms with Gasteiger partial charge in [0.05, 0.1) is 0 Å². The Morgan fingerprint density at radius 2 is 1.24 bits per heavy atom. The van der Waals surface area contributed by atoms with Crippen LogP contribution in [0.1, 0.15) is 113 Å². The molecule has 4 aromatic rings. The second-order valence-electron chi connectivity index (χ2n) is 13.7. The summed E-state index contributed by atoms with van der Waals surface area (Å²) in [7, 11) is 0. The van der Waals surface area contributed by atoms with E-state index in [0.29, 0.717) is 17.9 Å². The minimum atomic E-state index is -0.00228. The second kappa shape index (κ2) is 10.5. The van der Waals surface area contributed by atoms with Gasteiger partial charge in [0.1, 0.15) is 0 Å². The summed E-state index contributed by atoms with van der Waals surface area (Å²) < 4.78 is 0. The number of nitrogens with zero attached hydrogens (tertiary/aromatic N) is 1. The lowest BCUT2D eigenvalue weighted by Crippen LogP contribution is -2.29. The SMILES string of the molecule is CC(C)N(c1cc2c(cc1C1CCCC1)-c1ccccc1C2(C)C)c1cccc(-c2ccccc2)c1C1CCCC1. The van der Waals surface area contributed by atoms with Gasteiger partial charge in [-0.05, 0) is 114 Å². The molecule has 2 fully saturated rings. The fourth-order valence-corrected chi connectivity index (χ4v) is 8.49. The Labute approximate surface area is 247 Å². The summed E-state index contributed by atoms with van der Waals surface area (Å²) in [6, 6.07) is 33.0. The van der Waals surface area contributed by atoms with E-state index in [1.54, 1.807) is 11.1 Å². The minimum absolute atomic E-state index is 0.00228. The monoisotopic (exact) mass is 539 g/mol. The first-order chi connectivity index (χ1) is 19.9. The molecule has 3 aliphatic carbocycles. The quantitative estimate of drug-likeness (QED) is 0.235. The number of anilines is 2. The van der Waals surface area contributed by atoms with E-state index < -0.39 is 0 Å². The summed E-state index contributed by atoms with van der Waals surface area (Å²) in [5.41, 5.74) is 14.7. The van der Waals surface area contributed by atoms with Crippen LogP contribution in [-0.4, -0.2) is 6.04 Å². The van der Waals surface area contributed by atoms with Crippen molar-refractivity contribution in [2.75, 3.05) is 4.90 Å². The zero-order valence-corrected chi connectivity index (χ0v) is 25.4. The molecule has 0 amide bonds. The van der Waals surface area contributed by atoms with Crippen LogP contribution in [0.2, 0.25) is 0 Å². The molecule has 210 valence electrons. The van der Waals surface area contributed by atoms with Crippen molar-refractivity contribution in [2.24, 2.45) is 0 Å². The number of fused-ring (bicyclic) bond motifs is 3. The van der Waals surface area contributed by atoms with Gasteiger partial charge in [0.2, 0.25) is 0 Å². The zero-order valence-electron chi connectivity index (χ0n) is 25.4. The predicted molar refractivity (Wildman–Crippen MR) is 176 cm³/mol. The number of hydrogen-bond donors (Lipinski definition) is 0. The smallest absolute Gasteiger partial charge is 0.0454 e. The highest BCUT2D eigenvalue weighted by molar-refractivity contribution is 5.86. The Bertz CT molecular complexity index is 1550. The molecule has 2 saturated carbocycles. The second-order valence-corrected chi connectivity index (χ2v) is 13.7. The van der Waals surface area contributed by atoms with E-state index in [4.69, 9.17) is 0 Å². The first kappa shape index (κ1) is 26.6. The van der Waals surface area contributed by atoms with Gasteiger partial charge in [-0.25, -0.2) is 0 Å². The Kier molecular flexibility index (Phi) is 6.81. The van der Waals surface area contributed by atoms with Gasteiger partial charge in [0.25, 0.3) is 0 Å². The average Bonchev–Trinajstić information content (AvgIpc) is 3.76. The van der Waals surface area contributed by atoms with Crippen LogP contribution < -0.4 is 4.90 Å². The normalized spacial score (nSPS) is 18.2. The molecule has 0 radical (unpaired) electrons. The van der Waals surface area contributed by atoms with Crippen molar-refractivity contribution in [1.29, 1.82) is 0 Å². The lowest BCUT2D eigenvalue weighted by atomic mass is 9.81. The largest absolute Gasteiger partial charge is 0.338 e. The van der Waals surface area contributed by atoms with Crippen molar-refractivity contribution in [3.63, 3.8) is 0 Å². The summed E-state index contributed by atoms with van der Waals surface area (Å²) in [5.74, 6) is 1.26. The fourth-order valence-electron chi connectivity index (χ4n) is 8.49. The minimum Gasteiger partial charge on any atom is -0.338 e. The Morgan fingerprint density at radius 1 is 0.610 bits per heavy atom. The van der Waals surface area contributed by atoms with Crippen molar-refractivity contribution in [3.05, 3.63) is 107 Å². The van der Waals surface area contributed by atoms with Crippen LogP contribution >= 0.6 is 0 Å². The van der Waals surface area contributed by atoms with Crippen LogP contribution in [0.3, 0.4) is 0 Å². The number of hydrogen-bond acceptors (Lipinski definition) is 1. The van der Waals surface area contributed by atoms with Crippen molar-refractivity contribution < 1.29 is 0 Å². The van der Waals surface area contributed by atoms with Crippen molar-refractivity contribution >= 4 is 11.4 Å². The van der Waals surface area contributed by atoms with E-state index >= 15 is 0 Å². The Morgan fingerprint density at radius 3 is 1.95 bits per heavy atom. The molecular formula is C40H45N. The molecule has 0 atom stereocenters. The highest BCUT2D eigenvalue weighted by Gasteiger charge is 2.38. The third kappa shape index (κ3) is 4.44. The molecular weight excluding hydrogens is 494 g/mol. The molecule has 0 aliphatic heterocycles. The van der Waals surface area contributed by atoms with Gasteiger partial charge in [0.15, 0.2) is 0 Å². The third-order valence-electron chi connectivity index (χ3n) is 10.5. The predicted octanol–water partition coefficient (Wildman–Crippen LogP) is 11.5. The summed E-state index contributed by atoms with van der Waals surface area (Å²) in [5, 5.41) is 0. The van der Waals surface area contributed by atoms with Crippen molar-refractivity contribution in [2.45, 2.75) is 102 Å². The molecule has 41 heavy (non-hydrogen) atoms. The Balaban J connectivity index is 1.48. The highest BCUT2D eigenvalue weighted by atomic mass is 15.2. The van der Waals surface area contributed by atoms with Crippen LogP contribution in [0.25, 0.3) is 22.3 Å². The molecule has 1 heteroatoms. The summed E-state index contributed by atoms with van der Waals surface area (Å²) in [4.78, 5) is 2.74. The van der Waals surface area contributed by atoms with E-state index in [2.05, 4.69) is 118 Å². The maximum Gasteiger partial charge on any atom is 0.0454 e. The van der Waals surface area contributed by atoms with Gasteiger partial charge in [-0.1, -0.05) is 106 Å². The topological polar surface area (TPSA) is 3.24 Å². The molecule has 0 saturated heterocycles. The number of rotatable bonds is 6. The van der Waals surface area contributed by atoms with Crippen LogP contribution in [0.15, 0.2) is 84.9 Å². The summed E-state index contributed by atoms with van der Waals surface area (Å²) in [6.45, 7) is 9.66. The van der Waals surface area contributed by atoms with E-state index in [1.165, 1.54) is 96.1 Å². The van der Waals surface area contributed by atoms with E-state index in [9.17, 15) is 0 Å². The molecule has 1 nitrogen and oxygen atoms in total. The highest BCUT2D eigenvalue weighted by Crippen LogP contribution is 2.54. The first-order valence-corrected chi connectivity index (χ1v) is 16.2. The molecule has 3 aliphatic rings. The molecule has 0 aromatic heterocycles. The van der Waals surface area contributed by atoms with Crippen LogP contribution in [0.5, 0.6) is 0 Å². The van der Waals surface area contributed by atoms with E-state index in [0.717, 1.165) is 0 Å². The maximum absolute atomic E-state index is 2.74. The standard InChI is InChI=1S/C40H45N/c1-27(2)41(37-24-14-22-31(28-15-6-5-7-16-28)39(37)30-19-10-11-20-30)38-26-36-34(25-33(38)29-17-8-9-18-29)32-21-12-13-23-35(32)40(36,3)4/h5-7,12-16,21-27,29-30H,8-11,17-20H2,1-4H3. The van der Waals surface area contributed by atoms with Crippen LogP contribution in [-0.2, 0) is 5.41 Å². The molecule has 0 unspecified atom stereocenters. The fraction of sp³-hybridized carbons (Fsp3) is 0.400. The van der Waals surface area contributed by atoms with Crippen LogP contribution in [0, 0.1) is 0 Å². The lowest BCUT2D eigenvalue weighted by Gasteiger charge is -2.37.